The first-order chi connectivity index (χ1) is 18.1. The largest absolute Gasteiger partial charge is 0.361 e. The van der Waals surface area contributed by atoms with Crippen LogP contribution in [0.4, 0.5) is 11.6 Å². The second-order valence-corrected chi connectivity index (χ2v) is 8.83. The number of hydrogen-bond acceptors (Lipinski definition) is 5. The third-order valence-corrected chi connectivity index (χ3v) is 5.89. The van der Waals surface area contributed by atoms with Crippen LogP contribution >= 0.6 is 0 Å². The number of aryl methyl sites for hydroxylation is 1. The van der Waals surface area contributed by atoms with Crippen molar-refractivity contribution in [2.75, 3.05) is 23.4 Å². The highest BCUT2D eigenvalue weighted by atomic mass is 15.3. The van der Waals surface area contributed by atoms with E-state index in [-0.39, 0.29) is 0 Å². The minimum absolute atomic E-state index is 0.709. The van der Waals surface area contributed by atoms with Crippen LogP contribution in [0.1, 0.15) is 71.2 Å². The topological polar surface area (TPSA) is 69.2 Å². The average Bonchev–Trinajstić information content (AvgIpc) is 3.29. The maximum atomic E-state index is 4.93. The van der Waals surface area contributed by atoms with Gasteiger partial charge in [0.15, 0.2) is 5.82 Å². The first kappa shape index (κ1) is 29.6. The Kier molecular flexibility index (Phi) is 13.5. The second kappa shape index (κ2) is 16.9. The van der Waals surface area contributed by atoms with Gasteiger partial charge in [0.1, 0.15) is 11.6 Å². The van der Waals surface area contributed by atoms with Gasteiger partial charge in [-0.15, -0.1) is 0 Å². The van der Waals surface area contributed by atoms with Gasteiger partial charge in [0, 0.05) is 47.9 Å². The van der Waals surface area contributed by atoms with Gasteiger partial charge in [0.25, 0.3) is 0 Å². The smallest absolute Gasteiger partial charge is 0.152 e. The van der Waals surface area contributed by atoms with Crippen LogP contribution < -0.4 is 20.9 Å². The van der Waals surface area contributed by atoms with Crippen molar-refractivity contribution in [2.45, 2.75) is 66.2 Å². The molecule has 198 valence electrons. The molecule has 0 bridgehead atoms. The van der Waals surface area contributed by atoms with Gasteiger partial charge < -0.3 is 9.88 Å². The first-order valence-corrected chi connectivity index (χ1v) is 13.4. The van der Waals surface area contributed by atoms with Crippen LogP contribution in [-0.4, -0.2) is 34.3 Å². The Labute approximate surface area is 223 Å². The van der Waals surface area contributed by atoms with Gasteiger partial charge in [-0.3, -0.25) is 5.43 Å². The summed E-state index contributed by atoms with van der Waals surface area (Å²) < 4.78 is 0. The zero-order chi connectivity index (χ0) is 26.9. The van der Waals surface area contributed by atoms with Crippen LogP contribution in [0.2, 0.25) is 0 Å². The number of allylic oxidation sites excluding steroid dienone is 6. The molecule has 2 aromatic rings. The van der Waals surface area contributed by atoms with Crippen LogP contribution in [0.3, 0.4) is 0 Å². The van der Waals surface area contributed by atoms with E-state index in [1.54, 1.807) is 6.08 Å². The van der Waals surface area contributed by atoms with Gasteiger partial charge in [-0.2, -0.15) is 5.10 Å². The molecule has 0 aliphatic rings. The Bertz CT molecular complexity index is 1190. The number of aromatic amines is 1. The summed E-state index contributed by atoms with van der Waals surface area (Å²) in [5.74, 6) is 2.51. The van der Waals surface area contributed by atoms with Crippen LogP contribution in [0, 0.1) is 0 Å². The van der Waals surface area contributed by atoms with Crippen molar-refractivity contribution in [1.82, 2.24) is 15.0 Å². The Hall–Kier alpha value is -3.67. The highest BCUT2D eigenvalue weighted by Crippen LogP contribution is 2.19. The Morgan fingerprint density at radius 3 is 2.57 bits per heavy atom. The molecule has 0 saturated heterocycles. The van der Waals surface area contributed by atoms with Gasteiger partial charge in [0.2, 0.25) is 0 Å². The molecular weight excluding hydrogens is 456 g/mol. The summed E-state index contributed by atoms with van der Waals surface area (Å²) in [4.78, 5) is 15.3. The number of aromatic nitrogens is 3. The van der Waals surface area contributed by atoms with Crippen molar-refractivity contribution in [2.24, 2.45) is 5.10 Å². The Morgan fingerprint density at radius 1 is 1.14 bits per heavy atom. The molecule has 2 rings (SSSR count). The number of rotatable bonds is 16. The summed E-state index contributed by atoms with van der Waals surface area (Å²) in [6, 6.07) is 2.00. The lowest BCUT2D eigenvalue weighted by Gasteiger charge is -2.23. The number of H-pyrrole nitrogens is 1. The normalized spacial score (nSPS) is 13.1. The highest BCUT2D eigenvalue weighted by molar-refractivity contribution is 5.81. The minimum Gasteiger partial charge on any atom is -0.361 e. The fraction of sp³-hybridized carbons (Fsp3) is 0.387. The number of hydrazone groups is 1. The van der Waals surface area contributed by atoms with Crippen molar-refractivity contribution < 1.29 is 0 Å². The third-order valence-electron chi connectivity index (χ3n) is 5.89. The predicted molar refractivity (Wildman–Crippen MR) is 162 cm³/mol. The van der Waals surface area contributed by atoms with Gasteiger partial charge in [0.05, 0.1) is 6.21 Å². The molecule has 0 aliphatic carbocycles. The van der Waals surface area contributed by atoms with E-state index in [4.69, 9.17) is 9.97 Å². The number of nitrogens with one attached hydrogen (secondary N) is 2. The summed E-state index contributed by atoms with van der Waals surface area (Å²) in [6.07, 6.45) is 23.7. The summed E-state index contributed by atoms with van der Waals surface area (Å²) in [5, 5.41) is 6.60. The van der Waals surface area contributed by atoms with Gasteiger partial charge >= 0.3 is 0 Å². The maximum absolute atomic E-state index is 4.93. The minimum atomic E-state index is 0.709. The molecule has 0 fully saturated rings. The zero-order valence-corrected chi connectivity index (χ0v) is 23.1. The van der Waals surface area contributed by atoms with E-state index in [1.807, 2.05) is 56.6 Å². The molecule has 6 nitrogen and oxygen atoms in total. The van der Waals surface area contributed by atoms with Crippen LogP contribution in [0.5, 0.6) is 0 Å². The molecule has 0 aliphatic heterocycles. The van der Waals surface area contributed by atoms with Gasteiger partial charge in [-0.05, 0) is 51.5 Å². The van der Waals surface area contributed by atoms with Gasteiger partial charge in [-0.25, -0.2) is 9.97 Å². The first-order valence-electron chi connectivity index (χ1n) is 13.4. The summed E-state index contributed by atoms with van der Waals surface area (Å²) >= 11 is 0. The summed E-state index contributed by atoms with van der Waals surface area (Å²) in [6.45, 7) is 18.1. The summed E-state index contributed by atoms with van der Waals surface area (Å²) in [7, 11) is 0. The van der Waals surface area contributed by atoms with E-state index in [0.29, 0.717) is 5.82 Å². The highest BCUT2D eigenvalue weighted by Gasteiger charge is 2.11. The monoisotopic (exact) mass is 500 g/mol. The average molecular weight is 501 g/mol. The fourth-order valence-corrected chi connectivity index (χ4v) is 4.06. The summed E-state index contributed by atoms with van der Waals surface area (Å²) in [5.41, 5.74) is 5.39. The maximum Gasteiger partial charge on any atom is 0.152 e. The van der Waals surface area contributed by atoms with Crippen molar-refractivity contribution in [3.8, 4) is 0 Å². The molecule has 0 amide bonds. The molecule has 2 aromatic heterocycles. The number of nitrogens with zero attached hydrogens (tertiary/aromatic N) is 4. The van der Waals surface area contributed by atoms with Crippen molar-refractivity contribution >= 4 is 30.0 Å². The lowest BCUT2D eigenvalue weighted by atomic mass is 10.1. The van der Waals surface area contributed by atoms with Crippen LogP contribution in [0.15, 0.2) is 66.5 Å². The lowest BCUT2D eigenvalue weighted by molar-refractivity contribution is 0.695. The van der Waals surface area contributed by atoms with E-state index in [2.05, 4.69) is 59.6 Å². The molecule has 0 aromatic carbocycles. The molecule has 0 radical (unpaired) electrons. The molecule has 2 heterocycles. The number of unbranched alkanes of at least 4 members (excludes halogenated alkanes) is 1. The van der Waals surface area contributed by atoms with Crippen LogP contribution in [0.25, 0.3) is 12.2 Å². The number of anilines is 2. The predicted octanol–water partition coefficient (Wildman–Crippen LogP) is 6.05. The quantitative estimate of drug-likeness (QED) is 0.127. The molecule has 0 spiro atoms. The van der Waals surface area contributed by atoms with E-state index in [1.165, 1.54) is 5.57 Å². The van der Waals surface area contributed by atoms with E-state index >= 15 is 0 Å². The molecule has 6 heteroatoms. The van der Waals surface area contributed by atoms with E-state index in [9.17, 15) is 0 Å². The van der Waals surface area contributed by atoms with Crippen molar-refractivity contribution in [3.63, 3.8) is 0 Å². The number of hydrogen-bond donors (Lipinski definition) is 2. The van der Waals surface area contributed by atoms with Gasteiger partial charge in [-0.1, -0.05) is 69.5 Å². The fourth-order valence-electron chi connectivity index (χ4n) is 4.06. The van der Waals surface area contributed by atoms with E-state index in [0.717, 1.165) is 79.4 Å². The van der Waals surface area contributed by atoms with E-state index < -0.39 is 0 Å². The second-order valence-electron chi connectivity index (χ2n) is 8.83. The Balaban J connectivity index is 2.24. The standard InChI is InChI=1S/C31H44N6/c1-7-13-17-25(11-5)18-14-15-19-29-34-30(22-31(35-29)37(20-9-3)21-10-4)36-33-24-26-23-32-28(12-6)27(26)16-8-2/h7-8,11-13,16-17,22-24,32H,2,5,9-10,14-15,18-21H2,1,3-4,6H3,(H,34,35,36)/b13-7-,25-17+,27-16-,28-12+,33-24+. The van der Waals surface area contributed by atoms with Crippen molar-refractivity contribution in [3.05, 3.63) is 83.3 Å². The molecular formula is C31H44N6. The van der Waals surface area contributed by atoms with Crippen LogP contribution in [-0.2, 0) is 6.42 Å². The molecule has 0 saturated carbocycles. The Morgan fingerprint density at radius 2 is 1.92 bits per heavy atom. The molecule has 0 unspecified atom stereocenters. The molecule has 2 N–H and O–H groups in total. The zero-order valence-electron chi connectivity index (χ0n) is 23.1. The third kappa shape index (κ3) is 9.71. The SMILES string of the molecule is C=C/C=c1/c(/C=N/Nc2cc(N(CCC)CCC)nc(CCCC/C(C=C)=C/C=C\C)n2)c[nH]/c1=C/C. The lowest BCUT2D eigenvalue weighted by Crippen LogP contribution is -2.26. The van der Waals surface area contributed by atoms with Crippen molar-refractivity contribution in [1.29, 1.82) is 0 Å². The molecule has 0 atom stereocenters. The molecule has 37 heavy (non-hydrogen) atoms.